The van der Waals surface area contributed by atoms with E-state index in [4.69, 9.17) is 4.74 Å². The van der Waals surface area contributed by atoms with Gasteiger partial charge in [-0.25, -0.2) is 0 Å². The molecule has 3 aromatic rings. The molecule has 2 heterocycles. The van der Waals surface area contributed by atoms with Gasteiger partial charge in [0.1, 0.15) is 5.75 Å². The number of methoxy groups -OCH3 is 1. The standard InChI is InChI=1S/C26H29N5O3/c1-34-23-11-5-8-21(17-23)29-26(33)25(32)28-19-24(20-7-6-12-27-18-20)31-15-13-30(14-16-31)22-9-3-2-4-10-22/h2-12,17-18,24H,13-16,19H2,1H3,(H,28,32)(H,29,33)/t24-/m0/s1. The van der Waals surface area contributed by atoms with Crippen molar-refractivity contribution >= 4 is 23.2 Å². The Hall–Kier alpha value is -3.91. The molecule has 1 saturated heterocycles. The lowest BCUT2D eigenvalue weighted by Crippen LogP contribution is -2.50. The van der Waals surface area contributed by atoms with Gasteiger partial charge in [-0.1, -0.05) is 30.3 Å². The minimum Gasteiger partial charge on any atom is -0.497 e. The molecule has 2 aromatic carbocycles. The van der Waals surface area contributed by atoms with Crippen LogP contribution < -0.4 is 20.3 Å². The van der Waals surface area contributed by atoms with Crippen molar-refractivity contribution in [3.63, 3.8) is 0 Å². The number of carbonyl (C=O) groups is 2. The highest BCUT2D eigenvalue weighted by atomic mass is 16.5. The summed E-state index contributed by atoms with van der Waals surface area (Å²) < 4.78 is 5.16. The molecule has 0 saturated carbocycles. The molecule has 1 aliphatic heterocycles. The highest BCUT2D eigenvalue weighted by Gasteiger charge is 2.26. The van der Waals surface area contributed by atoms with Crippen LogP contribution in [0.5, 0.6) is 5.75 Å². The summed E-state index contributed by atoms with van der Waals surface area (Å²) in [5.41, 5.74) is 2.71. The first-order valence-corrected chi connectivity index (χ1v) is 11.3. The van der Waals surface area contributed by atoms with E-state index in [2.05, 4.69) is 37.6 Å². The van der Waals surface area contributed by atoms with E-state index in [-0.39, 0.29) is 6.04 Å². The molecule has 176 valence electrons. The van der Waals surface area contributed by atoms with E-state index >= 15 is 0 Å². The van der Waals surface area contributed by atoms with Crippen LogP contribution in [0.4, 0.5) is 11.4 Å². The second-order valence-electron chi connectivity index (χ2n) is 8.06. The van der Waals surface area contributed by atoms with Crippen molar-refractivity contribution in [2.75, 3.05) is 50.1 Å². The maximum absolute atomic E-state index is 12.6. The Balaban J connectivity index is 1.38. The summed E-state index contributed by atoms with van der Waals surface area (Å²) >= 11 is 0. The zero-order valence-electron chi connectivity index (χ0n) is 19.2. The number of anilines is 2. The number of nitrogens with one attached hydrogen (secondary N) is 2. The number of pyridine rings is 1. The van der Waals surface area contributed by atoms with Crippen molar-refractivity contribution in [1.29, 1.82) is 0 Å². The molecule has 1 fully saturated rings. The molecular weight excluding hydrogens is 430 g/mol. The van der Waals surface area contributed by atoms with Crippen LogP contribution in [-0.4, -0.2) is 61.5 Å². The molecular formula is C26H29N5O3. The predicted octanol–water partition coefficient (Wildman–Crippen LogP) is 2.71. The number of carbonyl (C=O) groups excluding carboxylic acids is 2. The molecule has 1 atom stereocenters. The second kappa shape index (κ2) is 11.3. The van der Waals surface area contributed by atoms with E-state index in [1.165, 1.54) is 5.69 Å². The highest BCUT2D eigenvalue weighted by Crippen LogP contribution is 2.23. The van der Waals surface area contributed by atoms with E-state index < -0.39 is 11.8 Å². The Morgan fingerprint density at radius 1 is 0.971 bits per heavy atom. The fraction of sp³-hybridized carbons (Fsp3) is 0.269. The maximum atomic E-state index is 12.6. The van der Waals surface area contributed by atoms with Gasteiger partial charge in [0.25, 0.3) is 0 Å². The van der Waals surface area contributed by atoms with Crippen LogP contribution in [0.3, 0.4) is 0 Å². The lowest BCUT2D eigenvalue weighted by atomic mass is 10.1. The van der Waals surface area contributed by atoms with E-state index in [1.807, 2.05) is 36.5 Å². The quantitative estimate of drug-likeness (QED) is 0.529. The third kappa shape index (κ3) is 5.90. The first-order chi connectivity index (χ1) is 16.6. The minimum atomic E-state index is -0.716. The molecule has 2 amide bonds. The van der Waals surface area contributed by atoms with Gasteiger partial charge in [0.2, 0.25) is 0 Å². The Bertz CT molecular complexity index is 1090. The number of aromatic nitrogens is 1. The number of rotatable bonds is 7. The Morgan fingerprint density at radius 3 is 2.47 bits per heavy atom. The van der Waals surface area contributed by atoms with Gasteiger partial charge in [0, 0.05) is 62.6 Å². The van der Waals surface area contributed by atoms with Crippen molar-refractivity contribution in [3.05, 3.63) is 84.7 Å². The number of ether oxygens (including phenoxy) is 1. The first-order valence-electron chi connectivity index (χ1n) is 11.3. The fourth-order valence-corrected chi connectivity index (χ4v) is 4.12. The molecule has 1 aromatic heterocycles. The average Bonchev–Trinajstić information content (AvgIpc) is 2.90. The third-order valence-corrected chi connectivity index (χ3v) is 5.94. The van der Waals surface area contributed by atoms with Crippen molar-refractivity contribution in [2.24, 2.45) is 0 Å². The van der Waals surface area contributed by atoms with Crippen LogP contribution in [-0.2, 0) is 9.59 Å². The summed E-state index contributed by atoms with van der Waals surface area (Å²) in [6, 6.07) is 21.1. The fourth-order valence-electron chi connectivity index (χ4n) is 4.12. The number of amides is 2. The molecule has 0 bridgehead atoms. The summed E-state index contributed by atoms with van der Waals surface area (Å²) in [4.78, 5) is 33.9. The van der Waals surface area contributed by atoms with Gasteiger partial charge < -0.3 is 20.3 Å². The molecule has 0 spiro atoms. The van der Waals surface area contributed by atoms with Gasteiger partial charge >= 0.3 is 11.8 Å². The van der Waals surface area contributed by atoms with Crippen molar-refractivity contribution < 1.29 is 14.3 Å². The minimum absolute atomic E-state index is 0.0832. The van der Waals surface area contributed by atoms with Gasteiger partial charge in [-0.15, -0.1) is 0 Å². The topological polar surface area (TPSA) is 86.8 Å². The molecule has 0 aliphatic carbocycles. The SMILES string of the molecule is COc1cccc(NC(=O)C(=O)NC[C@@H](c2cccnc2)N2CCN(c3ccccc3)CC2)c1. The number of hydrogen-bond acceptors (Lipinski definition) is 6. The first kappa shape index (κ1) is 23.3. The third-order valence-electron chi connectivity index (χ3n) is 5.94. The lowest BCUT2D eigenvalue weighted by molar-refractivity contribution is -0.136. The number of piperazine rings is 1. The Kier molecular flexibility index (Phi) is 7.72. The van der Waals surface area contributed by atoms with Crippen molar-refractivity contribution in [1.82, 2.24) is 15.2 Å². The maximum Gasteiger partial charge on any atom is 0.313 e. The van der Waals surface area contributed by atoms with Gasteiger partial charge in [-0.05, 0) is 35.9 Å². The van der Waals surface area contributed by atoms with E-state index in [0.29, 0.717) is 18.0 Å². The molecule has 2 N–H and O–H groups in total. The summed E-state index contributed by atoms with van der Waals surface area (Å²) in [6.07, 6.45) is 3.55. The molecule has 0 unspecified atom stereocenters. The highest BCUT2D eigenvalue weighted by molar-refractivity contribution is 6.39. The average molecular weight is 460 g/mol. The van der Waals surface area contributed by atoms with E-state index in [0.717, 1.165) is 31.7 Å². The van der Waals surface area contributed by atoms with E-state index in [9.17, 15) is 9.59 Å². The zero-order valence-corrected chi connectivity index (χ0v) is 19.2. The predicted molar refractivity (Wildman–Crippen MR) is 132 cm³/mol. The largest absolute Gasteiger partial charge is 0.497 e. The van der Waals surface area contributed by atoms with Crippen LogP contribution in [0.2, 0.25) is 0 Å². The van der Waals surface area contributed by atoms with Gasteiger partial charge in [-0.3, -0.25) is 19.5 Å². The Labute approximate surface area is 199 Å². The molecule has 0 radical (unpaired) electrons. The molecule has 1 aliphatic rings. The van der Waals surface area contributed by atoms with Crippen molar-refractivity contribution in [2.45, 2.75) is 6.04 Å². The zero-order chi connectivity index (χ0) is 23.8. The Morgan fingerprint density at radius 2 is 1.76 bits per heavy atom. The summed E-state index contributed by atoms with van der Waals surface area (Å²) in [5.74, 6) is -0.795. The van der Waals surface area contributed by atoms with Gasteiger partial charge in [0.05, 0.1) is 13.2 Å². The van der Waals surface area contributed by atoms with Crippen molar-refractivity contribution in [3.8, 4) is 5.75 Å². The summed E-state index contributed by atoms with van der Waals surface area (Å²) in [5, 5.41) is 5.42. The van der Waals surface area contributed by atoms with Crippen LogP contribution >= 0.6 is 0 Å². The van der Waals surface area contributed by atoms with Crippen LogP contribution in [0.15, 0.2) is 79.1 Å². The van der Waals surface area contributed by atoms with Gasteiger partial charge in [-0.2, -0.15) is 0 Å². The van der Waals surface area contributed by atoms with Crippen LogP contribution in [0, 0.1) is 0 Å². The number of benzene rings is 2. The number of para-hydroxylation sites is 1. The normalized spacial score (nSPS) is 14.8. The van der Waals surface area contributed by atoms with E-state index in [1.54, 1.807) is 37.6 Å². The monoisotopic (exact) mass is 459 g/mol. The number of nitrogens with zero attached hydrogens (tertiary/aromatic N) is 3. The number of hydrogen-bond donors (Lipinski definition) is 2. The molecule has 4 rings (SSSR count). The molecule has 8 heteroatoms. The second-order valence-corrected chi connectivity index (χ2v) is 8.06. The molecule has 34 heavy (non-hydrogen) atoms. The lowest BCUT2D eigenvalue weighted by Gasteiger charge is -2.40. The van der Waals surface area contributed by atoms with Gasteiger partial charge in [0.15, 0.2) is 0 Å². The summed E-state index contributed by atoms with van der Waals surface area (Å²) in [7, 11) is 1.55. The smallest absolute Gasteiger partial charge is 0.313 e. The molecule has 8 nitrogen and oxygen atoms in total. The van der Waals surface area contributed by atoms with Crippen LogP contribution in [0.25, 0.3) is 0 Å². The summed E-state index contributed by atoms with van der Waals surface area (Å²) in [6.45, 7) is 3.73. The van der Waals surface area contributed by atoms with Crippen LogP contribution in [0.1, 0.15) is 11.6 Å².